The number of non-ortho nitro benzene ring substituents is 1. The molecule has 0 bridgehead atoms. The first-order valence-corrected chi connectivity index (χ1v) is 14.4. The van der Waals surface area contributed by atoms with Crippen molar-refractivity contribution in [1.29, 1.82) is 0 Å². The Kier molecular flexibility index (Phi) is 8.08. The summed E-state index contributed by atoms with van der Waals surface area (Å²) in [7, 11) is 0. The summed E-state index contributed by atoms with van der Waals surface area (Å²) in [6, 6.07) is 4.41. The highest BCUT2D eigenvalue weighted by molar-refractivity contribution is 8.03. The number of carbonyl (C=O) groups is 3. The number of rotatable bonds is 8. The number of nitro benzene ring substituents is 1. The zero-order chi connectivity index (χ0) is 27.8. The number of esters is 2. The van der Waals surface area contributed by atoms with Crippen LogP contribution in [-0.4, -0.2) is 87.8 Å². The molecule has 11 nitrogen and oxygen atoms in total. The second-order valence-corrected chi connectivity index (χ2v) is 12.3. The monoisotopic (exact) mass is 558 g/mol. The molecule has 4 aliphatic rings. The van der Waals surface area contributed by atoms with Gasteiger partial charge in [0.1, 0.15) is 5.70 Å². The third kappa shape index (κ3) is 5.47. The maximum atomic E-state index is 13.4. The topological polar surface area (TPSA) is 142 Å². The fourth-order valence-corrected chi connectivity index (χ4v) is 7.76. The first-order valence-electron chi connectivity index (χ1n) is 13.5. The Hall–Kier alpha value is -2.80. The van der Waals surface area contributed by atoms with E-state index in [2.05, 4.69) is 10.2 Å². The summed E-state index contributed by atoms with van der Waals surface area (Å²) in [4.78, 5) is 54.0. The van der Waals surface area contributed by atoms with E-state index < -0.39 is 28.9 Å². The number of carbonyl (C=O) groups excluding carboxylic acids is 3. The molecular weight excluding hydrogens is 524 g/mol. The fourth-order valence-electron chi connectivity index (χ4n) is 6.25. The molecule has 4 aliphatic heterocycles. The van der Waals surface area contributed by atoms with Crippen molar-refractivity contribution in [1.82, 2.24) is 15.1 Å². The smallest absolute Gasteiger partial charge is 0.363 e. The van der Waals surface area contributed by atoms with Crippen molar-refractivity contribution in [3.8, 4) is 0 Å². The van der Waals surface area contributed by atoms with Gasteiger partial charge in [-0.1, -0.05) is 6.92 Å². The molecule has 4 heterocycles. The standard InChI is InChI=1S/C27H34N4O7S/c1-15-22-21(16(2)32)25(33)30(22)23(27(35)38-26(34)18-3-5-19(6-4-18)31(36)37)24(15)39-20-9-12-29(14-20)13-17-7-10-28-11-8-17/h3-6,15-17,20-22,28,32H,7-14H2,1-2H3/t15-,16?,20-,21-,22-/m1/s1. The molecule has 210 valence electrons. The maximum absolute atomic E-state index is 13.4. The van der Waals surface area contributed by atoms with E-state index in [-0.39, 0.29) is 40.1 Å². The number of piperidine rings is 1. The summed E-state index contributed by atoms with van der Waals surface area (Å²) in [5.41, 5.74) is -0.119. The van der Waals surface area contributed by atoms with Crippen molar-refractivity contribution in [2.75, 3.05) is 32.7 Å². The van der Waals surface area contributed by atoms with Gasteiger partial charge < -0.3 is 25.0 Å². The van der Waals surface area contributed by atoms with Crippen LogP contribution in [0.5, 0.6) is 0 Å². The predicted octanol–water partition coefficient (Wildman–Crippen LogP) is 2.15. The Labute approximate surface area is 231 Å². The third-order valence-corrected chi connectivity index (χ3v) is 9.84. The molecule has 3 fully saturated rings. The minimum atomic E-state index is -0.947. The number of ether oxygens (including phenoxy) is 1. The number of amides is 1. The van der Waals surface area contributed by atoms with Crippen molar-refractivity contribution in [2.45, 2.75) is 50.5 Å². The van der Waals surface area contributed by atoms with E-state index in [0.29, 0.717) is 10.8 Å². The zero-order valence-corrected chi connectivity index (χ0v) is 22.9. The lowest BCUT2D eigenvalue weighted by molar-refractivity contribution is -0.384. The van der Waals surface area contributed by atoms with Crippen LogP contribution in [0.25, 0.3) is 0 Å². The predicted molar refractivity (Wildman–Crippen MR) is 144 cm³/mol. The highest BCUT2D eigenvalue weighted by atomic mass is 32.2. The summed E-state index contributed by atoms with van der Waals surface area (Å²) >= 11 is 1.58. The van der Waals surface area contributed by atoms with Crippen LogP contribution >= 0.6 is 11.8 Å². The molecule has 2 N–H and O–H groups in total. The molecule has 0 spiro atoms. The first-order chi connectivity index (χ1) is 18.7. The van der Waals surface area contributed by atoms with Crippen LogP contribution in [0, 0.1) is 27.9 Å². The Morgan fingerprint density at radius 3 is 2.54 bits per heavy atom. The van der Waals surface area contributed by atoms with Crippen molar-refractivity contribution < 1.29 is 29.2 Å². The van der Waals surface area contributed by atoms with E-state index in [9.17, 15) is 29.6 Å². The van der Waals surface area contributed by atoms with Crippen LogP contribution in [0.15, 0.2) is 34.9 Å². The SMILES string of the molecule is CC(O)[C@H]1C(=O)N2C(C(=O)OC(=O)c3ccc([N+](=O)[O-])cc3)=C(S[C@@H]3CCN(CC4CCNCC4)C3)[C@H](C)[C@H]12. The second kappa shape index (κ2) is 11.4. The zero-order valence-electron chi connectivity index (χ0n) is 22.1. The molecule has 3 saturated heterocycles. The molecule has 1 aromatic rings. The lowest BCUT2D eigenvalue weighted by Crippen LogP contribution is -2.63. The van der Waals surface area contributed by atoms with Gasteiger partial charge in [-0.15, -0.1) is 11.8 Å². The van der Waals surface area contributed by atoms with Gasteiger partial charge in [-0.3, -0.25) is 14.9 Å². The summed E-state index contributed by atoms with van der Waals surface area (Å²) in [6.07, 6.45) is 2.44. The van der Waals surface area contributed by atoms with Gasteiger partial charge in [0, 0.05) is 41.3 Å². The Bertz CT molecular complexity index is 1180. The Balaban J connectivity index is 1.32. The molecule has 1 amide bonds. The second-order valence-electron chi connectivity index (χ2n) is 10.9. The number of likely N-dealkylation sites (tertiary alicyclic amines) is 1. The van der Waals surface area contributed by atoms with E-state index in [1.54, 1.807) is 18.7 Å². The molecular formula is C27H34N4O7S. The van der Waals surface area contributed by atoms with Gasteiger partial charge in [0.05, 0.1) is 28.6 Å². The van der Waals surface area contributed by atoms with E-state index in [1.807, 2.05) is 6.92 Å². The summed E-state index contributed by atoms with van der Waals surface area (Å²) in [5.74, 6) is -2.35. The summed E-state index contributed by atoms with van der Waals surface area (Å²) in [5, 5.41) is 24.8. The van der Waals surface area contributed by atoms with Crippen molar-refractivity contribution >= 4 is 35.3 Å². The number of aliphatic hydroxyl groups is 1. The molecule has 0 aliphatic carbocycles. The average Bonchev–Trinajstić information content (AvgIpc) is 3.44. The normalized spacial score (nSPS) is 28.3. The highest BCUT2D eigenvalue weighted by Gasteiger charge is 2.60. The molecule has 0 saturated carbocycles. The minimum Gasteiger partial charge on any atom is -0.393 e. The van der Waals surface area contributed by atoms with Crippen molar-refractivity contribution in [3.63, 3.8) is 0 Å². The van der Waals surface area contributed by atoms with Gasteiger partial charge in [0.25, 0.3) is 5.69 Å². The first kappa shape index (κ1) is 27.8. The highest BCUT2D eigenvalue weighted by Crippen LogP contribution is 2.52. The lowest BCUT2D eigenvalue weighted by atomic mass is 9.79. The quantitative estimate of drug-likeness (QED) is 0.160. The van der Waals surface area contributed by atoms with Crippen LogP contribution in [-0.2, 0) is 14.3 Å². The fraction of sp³-hybridized carbons (Fsp3) is 0.593. The van der Waals surface area contributed by atoms with Crippen molar-refractivity contribution in [3.05, 3.63) is 50.5 Å². The molecule has 0 aromatic heterocycles. The number of nitrogens with zero attached hydrogens (tertiary/aromatic N) is 3. The number of hydrogen-bond donors (Lipinski definition) is 2. The van der Waals surface area contributed by atoms with E-state index in [1.165, 1.54) is 29.9 Å². The summed E-state index contributed by atoms with van der Waals surface area (Å²) < 4.78 is 5.19. The van der Waals surface area contributed by atoms with Gasteiger partial charge >= 0.3 is 11.9 Å². The Morgan fingerprint density at radius 2 is 1.90 bits per heavy atom. The van der Waals surface area contributed by atoms with Crippen molar-refractivity contribution in [2.24, 2.45) is 17.8 Å². The minimum absolute atomic E-state index is 0.00695. The number of hydrogen-bond acceptors (Lipinski definition) is 10. The molecule has 5 atom stereocenters. The number of benzene rings is 1. The Morgan fingerprint density at radius 1 is 1.21 bits per heavy atom. The van der Waals surface area contributed by atoms with Crippen LogP contribution in [0.1, 0.15) is 43.5 Å². The van der Waals surface area contributed by atoms with E-state index in [4.69, 9.17) is 4.74 Å². The van der Waals surface area contributed by atoms with Gasteiger partial charge in [-0.25, -0.2) is 9.59 Å². The summed E-state index contributed by atoms with van der Waals surface area (Å²) in [6.45, 7) is 8.55. The molecule has 39 heavy (non-hydrogen) atoms. The molecule has 1 unspecified atom stereocenters. The number of fused-ring (bicyclic) bond motifs is 1. The van der Waals surface area contributed by atoms with Gasteiger partial charge in [0.15, 0.2) is 0 Å². The van der Waals surface area contributed by atoms with Gasteiger partial charge in [-0.2, -0.15) is 0 Å². The van der Waals surface area contributed by atoms with Crippen LogP contribution in [0.4, 0.5) is 5.69 Å². The van der Waals surface area contributed by atoms with E-state index in [0.717, 1.165) is 51.3 Å². The number of thioether (sulfide) groups is 1. The molecule has 12 heteroatoms. The van der Waals surface area contributed by atoms with Crippen LogP contribution in [0.2, 0.25) is 0 Å². The molecule has 0 radical (unpaired) electrons. The van der Waals surface area contributed by atoms with Gasteiger partial charge in [-0.05, 0) is 63.9 Å². The third-order valence-electron chi connectivity index (χ3n) is 8.30. The average molecular weight is 559 g/mol. The number of nitrogens with one attached hydrogen (secondary N) is 1. The largest absolute Gasteiger partial charge is 0.393 e. The molecule has 1 aromatic carbocycles. The number of nitro groups is 1. The van der Waals surface area contributed by atoms with Crippen LogP contribution in [0.3, 0.4) is 0 Å². The van der Waals surface area contributed by atoms with E-state index >= 15 is 0 Å². The number of aliphatic hydroxyl groups excluding tert-OH is 1. The van der Waals surface area contributed by atoms with Gasteiger partial charge in [0.2, 0.25) is 5.91 Å². The lowest BCUT2D eigenvalue weighted by Gasteiger charge is -2.46. The molecule has 5 rings (SSSR count). The maximum Gasteiger partial charge on any atom is 0.363 e. The number of β-lactam (4-membered cyclic amide) rings is 1. The van der Waals surface area contributed by atoms with Crippen LogP contribution < -0.4 is 5.32 Å².